The number of carboxylic acids is 1. The quantitative estimate of drug-likeness (QED) is 0.152. The summed E-state index contributed by atoms with van der Waals surface area (Å²) in [5.41, 5.74) is 12.0. The van der Waals surface area contributed by atoms with Gasteiger partial charge in [0, 0.05) is 6.42 Å². The van der Waals surface area contributed by atoms with E-state index in [4.69, 9.17) is 11.5 Å². The number of hydrogen-bond donors (Lipinski definition) is 7. The third kappa shape index (κ3) is 10.0. The average Bonchev–Trinajstić information content (AvgIpc) is 2.82. The predicted octanol–water partition coefficient (Wildman–Crippen LogP) is -1.21. The fourth-order valence-corrected chi connectivity index (χ4v) is 3.38. The second kappa shape index (κ2) is 14.8. The highest BCUT2D eigenvalue weighted by molar-refractivity contribution is 5.94. The van der Waals surface area contributed by atoms with Crippen LogP contribution in [0.4, 0.5) is 0 Å². The molecule has 0 heterocycles. The van der Waals surface area contributed by atoms with Crippen LogP contribution in [0.1, 0.15) is 45.6 Å². The van der Waals surface area contributed by atoms with Crippen LogP contribution >= 0.6 is 0 Å². The molecule has 12 heteroatoms. The summed E-state index contributed by atoms with van der Waals surface area (Å²) in [5.74, 6) is -4.76. The molecule has 0 spiro atoms. The number of aliphatic hydroxyl groups is 1. The number of nitrogens with two attached hydrogens (primary N) is 2. The van der Waals surface area contributed by atoms with E-state index in [2.05, 4.69) is 16.0 Å². The molecule has 0 radical (unpaired) electrons. The maximum Gasteiger partial charge on any atom is 0.328 e. The number of primary amides is 1. The molecular formula is C24H37N5O7. The Hall–Kier alpha value is -3.51. The van der Waals surface area contributed by atoms with E-state index in [0.29, 0.717) is 6.42 Å². The second-order valence-corrected chi connectivity index (χ2v) is 8.80. The number of nitrogens with one attached hydrogen (secondary N) is 3. The fourth-order valence-electron chi connectivity index (χ4n) is 3.38. The number of aliphatic carboxylic acids is 1. The predicted molar refractivity (Wildman–Crippen MR) is 131 cm³/mol. The molecule has 12 nitrogen and oxygen atoms in total. The Kier molecular flexibility index (Phi) is 12.5. The summed E-state index contributed by atoms with van der Waals surface area (Å²) in [7, 11) is 0. The van der Waals surface area contributed by atoms with Gasteiger partial charge in [-0.1, -0.05) is 50.6 Å². The standard InChI is InChI=1S/C24H37N5O7/c1-4-13(2)19(23(34)29-20(14(3)30)24(35)36)28-22(33)17(10-11-18(26)31)27-21(32)16(25)12-15-8-6-5-7-9-15/h5-9,13-14,16-17,19-20,30H,4,10-12,25H2,1-3H3,(H2,26,31)(H,27,32)(H,28,33)(H,29,34)(H,35,36). The molecule has 0 aromatic heterocycles. The molecule has 36 heavy (non-hydrogen) atoms. The van der Waals surface area contributed by atoms with E-state index >= 15 is 0 Å². The molecule has 4 amide bonds. The average molecular weight is 508 g/mol. The topological polar surface area (TPSA) is 214 Å². The summed E-state index contributed by atoms with van der Waals surface area (Å²) in [6.45, 7) is 4.66. The van der Waals surface area contributed by atoms with Gasteiger partial charge in [-0.2, -0.15) is 0 Å². The molecule has 1 rings (SSSR count). The van der Waals surface area contributed by atoms with Crippen molar-refractivity contribution in [3.05, 3.63) is 35.9 Å². The fraction of sp³-hybridized carbons (Fsp3) is 0.542. The van der Waals surface area contributed by atoms with Crippen LogP contribution in [0.25, 0.3) is 0 Å². The van der Waals surface area contributed by atoms with Gasteiger partial charge >= 0.3 is 5.97 Å². The van der Waals surface area contributed by atoms with E-state index in [1.165, 1.54) is 6.92 Å². The Balaban J connectivity index is 3.02. The highest BCUT2D eigenvalue weighted by atomic mass is 16.4. The monoisotopic (exact) mass is 507 g/mol. The molecule has 0 aliphatic rings. The lowest BCUT2D eigenvalue weighted by Crippen LogP contribution is -2.60. The van der Waals surface area contributed by atoms with Crippen LogP contribution in [0.3, 0.4) is 0 Å². The molecule has 0 fully saturated rings. The molecular weight excluding hydrogens is 470 g/mol. The largest absolute Gasteiger partial charge is 0.480 e. The van der Waals surface area contributed by atoms with Crippen molar-refractivity contribution in [1.82, 2.24) is 16.0 Å². The van der Waals surface area contributed by atoms with Crippen molar-refractivity contribution in [3.8, 4) is 0 Å². The van der Waals surface area contributed by atoms with Crippen molar-refractivity contribution in [2.24, 2.45) is 17.4 Å². The number of benzene rings is 1. The number of aliphatic hydroxyl groups excluding tert-OH is 1. The minimum Gasteiger partial charge on any atom is -0.480 e. The van der Waals surface area contributed by atoms with E-state index in [1.807, 2.05) is 6.07 Å². The number of carboxylic acid groups (broad SMARTS) is 1. The third-order valence-electron chi connectivity index (χ3n) is 5.79. The van der Waals surface area contributed by atoms with Crippen LogP contribution in [0, 0.1) is 5.92 Å². The minimum absolute atomic E-state index is 0.134. The molecule has 1 aromatic rings. The Labute approximate surface area is 210 Å². The molecule has 0 aliphatic heterocycles. The molecule has 0 bridgehead atoms. The van der Waals surface area contributed by atoms with Gasteiger partial charge in [-0.15, -0.1) is 0 Å². The van der Waals surface area contributed by atoms with Crippen LogP contribution in [0.5, 0.6) is 0 Å². The van der Waals surface area contributed by atoms with Gasteiger partial charge in [-0.3, -0.25) is 19.2 Å². The maximum absolute atomic E-state index is 13.1. The number of amides is 4. The first-order chi connectivity index (χ1) is 16.9. The van der Waals surface area contributed by atoms with Gasteiger partial charge < -0.3 is 37.6 Å². The Morgan fingerprint density at radius 3 is 2.00 bits per heavy atom. The van der Waals surface area contributed by atoms with Crippen molar-refractivity contribution >= 4 is 29.6 Å². The van der Waals surface area contributed by atoms with E-state index < -0.39 is 65.8 Å². The number of rotatable bonds is 15. The maximum atomic E-state index is 13.1. The lowest BCUT2D eigenvalue weighted by atomic mass is 9.96. The van der Waals surface area contributed by atoms with Crippen molar-refractivity contribution in [3.63, 3.8) is 0 Å². The van der Waals surface area contributed by atoms with Crippen molar-refractivity contribution in [2.75, 3.05) is 0 Å². The smallest absolute Gasteiger partial charge is 0.328 e. The van der Waals surface area contributed by atoms with Gasteiger partial charge in [0.15, 0.2) is 6.04 Å². The zero-order valence-electron chi connectivity index (χ0n) is 20.8. The van der Waals surface area contributed by atoms with Gasteiger partial charge in [0.1, 0.15) is 12.1 Å². The highest BCUT2D eigenvalue weighted by Crippen LogP contribution is 2.11. The van der Waals surface area contributed by atoms with Gasteiger partial charge in [-0.25, -0.2) is 4.79 Å². The van der Waals surface area contributed by atoms with Crippen LogP contribution in [-0.2, 0) is 30.4 Å². The first kappa shape index (κ1) is 30.5. The molecule has 1 aromatic carbocycles. The molecule has 0 aliphatic carbocycles. The Bertz CT molecular complexity index is 909. The summed E-state index contributed by atoms with van der Waals surface area (Å²) >= 11 is 0. The van der Waals surface area contributed by atoms with Gasteiger partial charge in [0.25, 0.3) is 0 Å². The summed E-state index contributed by atoms with van der Waals surface area (Å²) in [6.07, 6.45) is -1.07. The van der Waals surface area contributed by atoms with Crippen molar-refractivity contribution in [2.45, 2.75) is 76.7 Å². The lowest BCUT2D eigenvalue weighted by Gasteiger charge is -2.28. The summed E-state index contributed by atoms with van der Waals surface area (Å²) in [5, 5.41) is 26.2. The Morgan fingerprint density at radius 1 is 0.917 bits per heavy atom. The van der Waals surface area contributed by atoms with Crippen LogP contribution < -0.4 is 27.4 Å². The summed E-state index contributed by atoms with van der Waals surface area (Å²) in [4.78, 5) is 61.3. The number of carbonyl (C=O) groups is 5. The first-order valence-electron chi connectivity index (χ1n) is 11.8. The SMILES string of the molecule is CCC(C)C(NC(=O)C(CCC(N)=O)NC(=O)C(N)Cc1ccccc1)C(=O)NC(C(=O)O)C(C)O. The van der Waals surface area contributed by atoms with E-state index in [9.17, 15) is 34.2 Å². The van der Waals surface area contributed by atoms with E-state index in [-0.39, 0.29) is 19.3 Å². The van der Waals surface area contributed by atoms with Crippen LogP contribution in [0.15, 0.2) is 30.3 Å². The summed E-state index contributed by atoms with van der Waals surface area (Å²) in [6, 6.07) is 4.07. The van der Waals surface area contributed by atoms with Crippen molar-refractivity contribution < 1.29 is 34.2 Å². The summed E-state index contributed by atoms with van der Waals surface area (Å²) < 4.78 is 0. The normalized spacial score (nSPS) is 15.9. The molecule has 6 atom stereocenters. The van der Waals surface area contributed by atoms with Crippen LogP contribution in [0.2, 0.25) is 0 Å². The zero-order valence-corrected chi connectivity index (χ0v) is 20.8. The van der Waals surface area contributed by atoms with Gasteiger partial charge in [-0.05, 0) is 31.2 Å². The highest BCUT2D eigenvalue weighted by Gasteiger charge is 2.34. The molecule has 9 N–H and O–H groups in total. The van der Waals surface area contributed by atoms with Crippen molar-refractivity contribution in [1.29, 1.82) is 0 Å². The minimum atomic E-state index is -1.58. The van der Waals surface area contributed by atoms with E-state index in [1.54, 1.807) is 38.1 Å². The van der Waals surface area contributed by atoms with Gasteiger partial charge in [0.2, 0.25) is 23.6 Å². The first-order valence-corrected chi connectivity index (χ1v) is 11.8. The molecule has 0 saturated heterocycles. The molecule has 200 valence electrons. The third-order valence-corrected chi connectivity index (χ3v) is 5.79. The van der Waals surface area contributed by atoms with Gasteiger partial charge in [0.05, 0.1) is 12.1 Å². The second-order valence-electron chi connectivity index (χ2n) is 8.80. The number of hydrogen-bond acceptors (Lipinski definition) is 7. The number of carbonyl (C=O) groups excluding carboxylic acids is 4. The molecule has 0 saturated carbocycles. The lowest BCUT2D eigenvalue weighted by molar-refractivity contribution is -0.145. The van der Waals surface area contributed by atoms with Crippen LogP contribution in [-0.4, -0.2) is 70.1 Å². The van der Waals surface area contributed by atoms with E-state index in [0.717, 1.165) is 5.56 Å². The molecule has 6 unspecified atom stereocenters. The Morgan fingerprint density at radius 2 is 1.50 bits per heavy atom. The zero-order chi connectivity index (χ0) is 27.4.